The van der Waals surface area contributed by atoms with Crippen molar-refractivity contribution in [3.8, 4) is 5.75 Å². The van der Waals surface area contributed by atoms with E-state index in [-0.39, 0.29) is 15.9 Å². The molecule has 4 aromatic rings. The lowest BCUT2D eigenvalue weighted by atomic mass is 9.79. The number of anilines is 2. The molecule has 0 heterocycles. The first-order valence-corrected chi connectivity index (χ1v) is 17.0. The van der Waals surface area contributed by atoms with Crippen LogP contribution >= 0.6 is 23.5 Å². The number of phenolic OH excluding ortho intramolecular Hbond substituents is 1. The van der Waals surface area contributed by atoms with Crippen molar-refractivity contribution >= 4 is 40.0 Å². The monoisotopic (exact) mass is 611 g/mol. The fourth-order valence-corrected chi connectivity index (χ4v) is 6.84. The highest BCUT2D eigenvalue weighted by Gasteiger charge is 2.27. The number of para-hydroxylation sites is 1. The molecule has 0 amide bonds. The normalized spacial score (nSPS) is 11.9. The zero-order chi connectivity index (χ0) is 31.0. The Balaban J connectivity index is 1.34. The molecule has 43 heavy (non-hydrogen) atoms. The second kappa shape index (κ2) is 14.5. The maximum atomic E-state index is 13.0. The van der Waals surface area contributed by atoms with Gasteiger partial charge in [0.1, 0.15) is 5.75 Å². The summed E-state index contributed by atoms with van der Waals surface area (Å²) in [6.45, 7) is 13.4. The molecule has 0 aliphatic carbocycles. The summed E-state index contributed by atoms with van der Waals surface area (Å²) in [5.74, 6) is 2.04. The van der Waals surface area contributed by atoms with Gasteiger partial charge in [0.2, 0.25) is 0 Å². The van der Waals surface area contributed by atoms with Crippen LogP contribution in [0.1, 0.15) is 70.2 Å². The first-order valence-electron chi connectivity index (χ1n) is 15.0. The van der Waals surface area contributed by atoms with Crippen molar-refractivity contribution in [2.75, 3.05) is 23.0 Å². The number of aromatic hydroxyl groups is 1. The van der Waals surface area contributed by atoms with Gasteiger partial charge in [-0.15, -0.1) is 0 Å². The van der Waals surface area contributed by atoms with Crippen LogP contribution in [0, 0.1) is 0 Å². The van der Waals surface area contributed by atoms with Gasteiger partial charge in [-0.2, -0.15) is 11.8 Å². The van der Waals surface area contributed by atoms with Crippen molar-refractivity contribution in [3.63, 3.8) is 0 Å². The third-order valence-electron chi connectivity index (χ3n) is 7.41. The van der Waals surface area contributed by atoms with E-state index < -0.39 is 0 Å². The molecule has 0 atom stereocenters. The van der Waals surface area contributed by atoms with Crippen molar-refractivity contribution in [2.24, 2.45) is 0 Å². The molecule has 0 saturated heterocycles. The van der Waals surface area contributed by atoms with Crippen LogP contribution in [0.2, 0.25) is 0 Å². The molecular formula is C38H45NO2S2. The maximum Gasteiger partial charge on any atom is 0.194 e. The van der Waals surface area contributed by atoms with Crippen LogP contribution in [0.4, 0.5) is 11.4 Å². The zero-order valence-electron chi connectivity index (χ0n) is 26.4. The molecule has 0 fully saturated rings. The molecule has 0 saturated carbocycles. The molecular weight excluding hydrogens is 567 g/mol. The Morgan fingerprint density at radius 1 is 0.698 bits per heavy atom. The highest BCUT2D eigenvalue weighted by Crippen LogP contribution is 2.42. The number of thioether (sulfide) groups is 2. The van der Waals surface area contributed by atoms with Crippen molar-refractivity contribution in [2.45, 2.75) is 70.1 Å². The predicted molar refractivity (Wildman–Crippen MR) is 187 cm³/mol. The van der Waals surface area contributed by atoms with E-state index in [9.17, 15) is 9.90 Å². The first-order chi connectivity index (χ1) is 20.4. The Bertz CT molecular complexity index is 1440. The number of carbonyl (C=O) groups is 1. The van der Waals surface area contributed by atoms with E-state index in [1.165, 1.54) is 34.3 Å². The molecule has 0 spiro atoms. The Hall–Kier alpha value is -3.15. The topological polar surface area (TPSA) is 40.5 Å². The number of hydrogen-bond acceptors (Lipinski definition) is 5. The quantitative estimate of drug-likeness (QED) is 0.135. The summed E-state index contributed by atoms with van der Waals surface area (Å²) in [4.78, 5) is 16.3. The number of nitrogens with zero attached hydrogens (tertiary/aromatic N) is 1. The molecule has 0 aliphatic heterocycles. The summed E-state index contributed by atoms with van der Waals surface area (Å²) in [5.41, 5.74) is 6.30. The predicted octanol–water partition coefficient (Wildman–Crippen LogP) is 10.2. The lowest BCUT2D eigenvalue weighted by Crippen LogP contribution is -2.20. The third-order valence-corrected chi connectivity index (χ3v) is 9.28. The Kier molecular flexibility index (Phi) is 11.1. The summed E-state index contributed by atoms with van der Waals surface area (Å²) in [7, 11) is 0. The summed E-state index contributed by atoms with van der Waals surface area (Å²) < 4.78 is 0. The Morgan fingerprint density at radius 2 is 1.21 bits per heavy atom. The van der Waals surface area contributed by atoms with Gasteiger partial charge in [-0.1, -0.05) is 114 Å². The van der Waals surface area contributed by atoms with E-state index in [1.807, 2.05) is 30.0 Å². The summed E-state index contributed by atoms with van der Waals surface area (Å²) >= 11 is 3.12. The third kappa shape index (κ3) is 9.42. The molecule has 5 heteroatoms. The number of carbonyl (C=O) groups excluding carboxylic acids is 1. The van der Waals surface area contributed by atoms with E-state index >= 15 is 0 Å². The minimum Gasteiger partial charge on any atom is -0.507 e. The Labute approximate surface area is 267 Å². The van der Waals surface area contributed by atoms with E-state index in [0.29, 0.717) is 12.2 Å². The largest absolute Gasteiger partial charge is 0.507 e. The maximum absolute atomic E-state index is 13.0. The van der Waals surface area contributed by atoms with Crippen LogP contribution in [-0.2, 0) is 22.0 Å². The van der Waals surface area contributed by atoms with Crippen molar-refractivity contribution in [3.05, 3.63) is 119 Å². The van der Waals surface area contributed by atoms with E-state index in [1.54, 1.807) is 0 Å². The fourth-order valence-electron chi connectivity index (χ4n) is 5.05. The molecule has 4 aromatic carbocycles. The highest BCUT2D eigenvalue weighted by atomic mass is 32.2. The van der Waals surface area contributed by atoms with Gasteiger partial charge >= 0.3 is 0 Å². The minimum atomic E-state index is -0.216. The van der Waals surface area contributed by atoms with Crippen molar-refractivity contribution < 1.29 is 9.90 Å². The molecule has 0 aliphatic rings. The first kappa shape index (κ1) is 32.8. The van der Waals surface area contributed by atoms with Gasteiger partial charge in [0.25, 0.3) is 0 Å². The number of phenols is 1. The van der Waals surface area contributed by atoms with Crippen LogP contribution < -0.4 is 4.90 Å². The van der Waals surface area contributed by atoms with Crippen LogP contribution in [0.15, 0.2) is 102 Å². The molecule has 0 bridgehead atoms. The Morgan fingerprint density at radius 3 is 1.77 bits per heavy atom. The summed E-state index contributed by atoms with van der Waals surface area (Å²) in [6, 6.07) is 33.9. The van der Waals surface area contributed by atoms with Gasteiger partial charge in [0.15, 0.2) is 5.12 Å². The average Bonchev–Trinajstić information content (AvgIpc) is 2.96. The fraction of sp³-hybridized carbons (Fsp3) is 0.342. The second-order valence-corrected chi connectivity index (χ2v) is 15.4. The number of hydrogen-bond donors (Lipinski definition) is 1. The molecule has 0 unspecified atom stereocenters. The SMILES string of the molecule is CC(C)(C)c1cc(SC(=O)CCSCCN(c2ccccc2)c2ccc(Cc3ccccc3)cc2)cc(C(C)(C)C)c1O. The summed E-state index contributed by atoms with van der Waals surface area (Å²) in [6.07, 6.45) is 1.43. The van der Waals surface area contributed by atoms with Crippen LogP contribution in [0.5, 0.6) is 5.75 Å². The molecule has 226 valence electrons. The lowest BCUT2D eigenvalue weighted by Gasteiger charge is -2.28. The molecule has 0 aromatic heterocycles. The number of rotatable bonds is 11. The van der Waals surface area contributed by atoms with Crippen molar-refractivity contribution in [1.29, 1.82) is 0 Å². The molecule has 3 nitrogen and oxygen atoms in total. The van der Waals surface area contributed by atoms with E-state index in [4.69, 9.17) is 0 Å². The number of benzene rings is 4. The lowest BCUT2D eigenvalue weighted by molar-refractivity contribution is -0.110. The van der Waals surface area contributed by atoms with Gasteiger partial charge in [-0.05, 0) is 64.8 Å². The standard InChI is InChI=1S/C38H45NO2S2/c1-37(2,3)33-26-32(27-34(36(33)41)38(4,5)6)43-35(40)21-23-42-24-22-39(30-15-11-8-12-16-30)31-19-17-29(18-20-31)25-28-13-9-7-10-14-28/h7-20,26-27,41H,21-25H2,1-6H3. The molecule has 1 N–H and O–H groups in total. The minimum absolute atomic E-state index is 0.159. The molecule has 4 rings (SSSR count). The highest BCUT2D eigenvalue weighted by molar-refractivity contribution is 8.13. The second-order valence-electron chi connectivity index (χ2n) is 13.0. The van der Waals surface area contributed by atoms with E-state index in [0.717, 1.165) is 40.5 Å². The van der Waals surface area contributed by atoms with E-state index in [2.05, 4.69) is 125 Å². The molecule has 0 radical (unpaired) electrons. The van der Waals surface area contributed by atoms with Gasteiger partial charge in [-0.25, -0.2) is 0 Å². The average molecular weight is 612 g/mol. The zero-order valence-corrected chi connectivity index (χ0v) is 28.0. The van der Waals surface area contributed by atoms with Gasteiger partial charge in [-0.3, -0.25) is 4.79 Å². The van der Waals surface area contributed by atoms with Crippen LogP contribution in [-0.4, -0.2) is 28.3 Å². The van der Waals surface area contributed by atoms with Crippen LogP contribution in [0.3, 0.4) is 0 Å². The van der Waals surface area contributed by atoms with Gasteiger partial charge in [0.05, 0.1) is 0 Å². The smallest absolute Gasteiger partial charge is 0.194 e. The van der Waals surface area contributed by atoms with Crippen LogP contribution in [0.25, 0.3) is 0 Å². The van der Waals surface area contributed by atoms with Crippen molar-refractivity contribution in [1.82, 2.24) is 0 Å². The van der Waals surface area contributed by atoms with Gasteiger partial charge < -0.3 is 10.0 Å². The van der Waals surface area contributed by atoms with Gasteiger partial charge in [0, 0.05) is 51.9 Å². The summed E-state index contributed by atoms with van der Waals surface area (Å²) in [5, 5.41) is 11.2.